The fourth-order valence-corrected chi connectivity index (χ4v) is 0.509. The Bertz CT molecular complexity index is 109. The van der Waals surface area contributed by atoms with Gasteiger partial charge in [-0.25, -0.2) is 0 Å². The summed E-state index contributed by atoms with van der Waals surface area (Å²) in [4.78, 5) is 0.931. The van der Waals surface area contributed by atoms with Gasteiger partial charge in [-0.1, -0.05) is 0 Å². The lowest BCUT2D eigenvalue weighted by molar-refractivity contribution is -0.231. The molecule has 1 fully saturated rings. The fraction of sp³-hybridized carbons (Fsp3) is 1.00. The summed E-state index contributed by atoms with van der Waals surface area (Å²) in [5.74, 6) is 0. The molecule has 0 radical (unpaired) electrons. The number of aliphatic hydroxyl groups excluding tert-OH is 1. The first-order valence-electron chi connectivity index (χ1n) is 2.50. The van der Waals surface area contributed by atoms with Crippen LogP contribution in [0.5, 0.6) is 0 Å². The van der Waals surface area contributed by atoms with E-state index >= 15 is 0 Å². The van der Waals surface area contributed by atoms with Crippen LogP contribution in [0.2, 0.25) is 0 Å². The highest BCUT2D eigenvalue weighted by molar-refractivity contribution is 4.79. The van der Waals surface area contributed by atoms with E-state index < -0.39 is 12.4 Å². The average Bonchev–Trinajstić information content (AvgIpc) is 2.40. The van der Waals surface area contributed by atoms with Crippen LogP contribution in [0.25, 0.3) is 0 Å². The van der Waals surface area contributed by atoms with E-state index in [9.17, 15) is 13.2 Å². The van der Waals surface area contributed by atoms with Crippen molar-refractivity contribution >= 4 is 0 Å². The van der Waals surface area contributed by atoms with Crippen molar-refractivity contribution in [2.24, 2.45) is 0 Å². The van der Waals surface area contributed by atoms with E-state index in [1.165, 1.54) is 0 Å². The minimum atomic E-state index is -4.48. The molecule has 1 heterocycles. The Morgan fingerprint density at radius 1 is 1.33 bits per heavy atom. The van der Waals surface area contributed by atoms with E-state index in [4.69, 9.17) is 5.11 Å². The van der Waals surface area contributed by atoms with Crippen molar-refractivity contribution < 1.29 is 18.3 Å². The van der Waals surface area contributed by atoms with Crippen molar-refractivity contribution in [3.63, 3.8) is 0 Å². The van der Waals surface area contributed by atoms with E-state index in [1.54, 1.807) is 0 Å². The van der Waals surface area contributed by atoms with Crippen molar-refractivity contribution in [3.8, 4) is 0 Å². The van der Waals surface area contributed by atoms with Gasteiger partial charge in [0.15, 0.2) is 0 Å². The molecule has 1 aliphatic heterocycles. The van der Waals surface area contributed by atoms with Gasteiger partial charge in [-0.2, -0.15) is 13.2 Å². The molecule has 0 saturated carbocycles. The molecular formula is C4H6F3NO. The molecule has 0 bridgehead atoms. The Labute approximate surface area is 49.9 Å². The first kappa shape index (κ1) is 6.82. The molecule has 1 aliphatic rings. The topological polar surface area (TPSA) is 23.2 Å². The molecule has 9 heavy (non-hydrogen) atoms. The number of halogens is 3. The van der Waals surface area contributed by atoms with Crippen molar-refractivity contribution in [2.45, 2.75) is 12.4 Å². The molecule has 1 atom stereocenters. The average molecular weight is 141 g/mol. The first-order valence-corrected chi connectivity index (χ1v) is 2.50. The zero-order chi connectivity index (χ0) is 7.07. The van der Waals surface area contributed by atoms with Crippen LogP contribution < -0.4 is 0 Å². The van der Waals surface area contributed by atoms with Gasteiger partial charge < -0.3 is 5.11 Å². The summed E-state index contributed by atoms with van der Waals surface area (Å²) < 4.78 is 34.3. The highest BCUT2D eigenvalue weighted by Gasteiger charge is 2.46. The fourth-order valence-electron chi connectivity index (χ4n) is 0.509. The molecule has 1 N–H and O–H groups in total. The van der Waals surface area contributed by atoms with E-state index in [0.717, 1.165) is 4.90 Å². The zero-order valence-electron chi connectivity index (χ0n) is 4.52. The van der Waals surface area contributed by atoms with Crippen LogP contribution in [0, 0.1) is 0 Å². The number of hydrogen-bond acceptors (Lipinski definition) is 2. The van der Waals surface area contributed by atoms with Gasteiger partial charge in [0, 0.05) is 13.1 Å². The van der Waals surface area contributed by atoms with Crippen LogP contribution >= 0.6 is 0 Å². The maximum atomic E-state index is 11.4. The molecule has 0 aromatic rings. The van der Waals surface area contributed by atoms with Crippen molar-refractivity contribution in [1.29, 1.82) is 0 Å². The van der Waals surface area contributed by atoms with Gasteiger partial charge in [0.1, 0.15) is 0 Å². The molecule has 0 aromatic heterocycles. The van der Waals surface area contributed by atoms with Crippen LogP contribution in [-0.2, 0) is 0 Å². The second-order valence-electron chi connectivity index (χ2n) is 1.95. The standard InChI is InChI=1S/C4H6F3NO/c5-4(6,7)3(9)8-1-2-8/h3,9H,1-2H2/t3-/m1/s1. The van der Waals surface area contributed by atoms with Gasteiger partial charge >= 0.3 is 6.18 Å². The maximum absolute atomic E-state index is 11.4. The Morgan fingerprint density at radius 2 is 1.78 bits per heavy atom. The molecule has 0 aliphatic carbocycles. The number of nitrogens with zero attached hydrogens (tertiary/aromatic N) is 1. The van der Waals surface area contributed by atoms with E-state index in [0.29, 0.717) is 13.1 Å². The third-order valence-electron chi connectivity index (χ3n) is 1.12. The van der Waals surface area contributed by atoms with Gasteiger partial charge in [-0.15, -0.1) is 0 Å². The number of alkyl halides is 3. The maximum Gasteiger partial charge on any atom is 0.428 e. The summed E-state index contributed by atoms with van der Waals surface area (Å²) in [6.07, 6.45) is -6.71. The quantitative estimate of drug-likeness (QED) is 0.526. The Balaban J connectivity index is 2.40. The molecule has 5 heteroatoms. The van der Waals surface area contributed by atoms with Crippen molar-refractivity contribution in [2.75, 3.05) is 13.1 Å². The molecule has 1 rings (SSSR count). The van der Waals surface area contributed by atoms with Gasteiger partial charge in [0.25, 0.3) is 0 Å². The Morgan fingerprint density at radius 3 is 1.89 bits per heavy atom. The zero-order valence-corrected chi connectivity index (χ0v) is 4.52. The second kappa shape index (κ2) is 1.85. The first-order chi connectivity index (χ1) is 4.02. The third kappa shape index (κ3) is 1.56. The van der Waals surface area contributed by atoms with E-state index in [2.05, 4.69) is 0 Å². The normalized spacial score (nSPS) is 24.0. The summed E-state index contributed by atoms with van der Waals surface area (Å²) in [7, 11) is 0. The number of rotatable bonds is 1. The number of hydrogen-bond donors (Lipinski definition) is 1. The predicted octanol–water partition coefficient (Wildman–Crippen LogP) is 0.183. The predicted molar refractivity (Wildman–Crippen MR) is 23.6 cm³/mol. The Hall–Kier alpha value is -0.290. The highest BCUT2D eigenvalue weighted by Crippen LogP contribution is 2.26. The minimum absolute atomic E-state index is 0.348. The monoisotopic (exact) mass is 141 g/mol. The van der Waals surface area contributed by atoms with Gasteiger partial charge in [-0.3, -0.25) is 4.90 Å². The van der Waals surface area contributed by atoms with Gasteiger partial charge in [0.05, 0.1) is 0 Å². The molecule has 0 amide bonds. The van der Waals surface area contributed by atoms with Crippen LogP contribution in [0.1, 0.15) is 0 Å². The number of aliphatic hydroxyl groups is 1. The van der Waals surface area contributed by atoms with E-state index in [-0.39, 0.29) is 0 Å². The summed E-state index contributed by atoms with van der Waals surface area (Å²) in [6, 6.07) is 0. The molecular weight excluding hydrogens is 135 g/mol. The van der Waals surface area contributed by atoms with Crippen LogP contribution in [0.3, 0.4) is 0 Å². The van der Waals surface area contributed by atoms with Crippen LogP contribution in [-0.4, -0.2) is 35.5 Å². The van der Waals surface area contributed by atoms with Gasteiger partial charge in [-0.05, 0) is 0 Å². The largest absolute Gasteiger partial charge is 0.428 e. The van der Waals surface area contributed by atoms with Crippen molar-refractivity contribution in [1.82, 2.24) is 4.90 Å². The van der Waals surface area contributed by atoms with Crippen LogP contribution in [0.4, 0.5) is 13.2 Å². The highest BCUT2D eigenvalue weighted by atomic mass is 19.4. The molecule has 0 spiro atoms. The minimum Gasteiger partial charge on any atom is -0.370 e. The van der Waals surface area contributed by atoms with Crippen LogP contribution in [0.15, 0.2) is 0 Å². The molecule has 2 nitrogen and oxygen atoms in total. The Kier molecular flexibility index (Phi) is 1.40. The van der Waals surface area contributed by atoms with E-state index in [1.807, 2.05) is 0 Å². The second-order valence-corrected chi connectivity index (χ2v) is 1.95. The third-order valence-corrected chi connectivity index (χ3v) is 1.12. The lowest BCUT2D eigenvalue weighted by Crippen LogP contribution is -2.35. The lowest BCUT2D eigenvalue weighted by atomic mass is 10.5. The van der Waals surface area contributed by atoms with Crippen molar-refractivity contribution in [3.05, 3.63) is 0 Å². The summed E-state index contributed by atoms with van der Waals surface area (Å²) >= 11 is 0. The molecule has 0 unspecified atom stereocenters. The molecule has 0 aromatic carbocycles. The SMILES string of the molecule is O[C@@H](N1CC1)C(F)(F)F. The lowest BCUT2D eigenvalue weighted by Gasteiger charge is -2.13. The smallest absolute Gasteiger partial charge is 0.370 e. The van der Waals surface area contributed by atoms with Gasteiger partial charge in [0.2, 0.25) is 6.23 Å². The summed E-state index contributed by atoms with van der Waals surface area (Å²) in [6.45, 7) is 0.696. The summed E-state index contributed by atoms with van der Waals surface area (Å²) in [5, 5.41) is 8.33. The molecule has 54 valence electrons. The molecule has 1 saturated heterocycles. The summed E-state index contributed by atoms with van der Waals surface area (Å²) in [5.41, 5.74) is 0.